The van der Waals surface area contributed by atoms with Gasteiger partial charge in [-0.1, -0.05) is 30.5 Å². The van der Waals surface area contributed by atoms with Gasteiger partial charge in [0, 0.05) is 47.0 Å². The van der Waals surface area contributed by atoms with E-state index >= 15 is 0 Å². The number of amides is 1. The lowest BCUT2D eigenvalue weighted by molar-refractivity contribution is 0.0943. The highest BCUT2D eigenvalue weighted by Gasteiger charge is 2.36. The second-order valence-electron chi connectivity index (χ2n) is 7.44. The van der Waals surface area contributed by atoms with Gasteiger partial charge in [0.25, 0.3) is 5.91 Å². The van der Waals surface area contributed by atoms with Crippen LogP contribution in [0.15, 0.2) is 29.2 Å². The number of thioether (sulfide) groups is 1. The van der Waals surface area contributed by atoms with Gasteiger partial charge in [0.05, 0.1) is 0 Å². The quantitative estimate of drug-likeness (QED) is 0.709. The first-order valence-corrected chi connectivity index (χ1v) is 10.3. The van der Waals surface area contributed by atoms with Crippen molar-refractivity contribution in [3.05, 3.63) is 46.8 Å². The van der Waals surface area contributed by atoms with Crippen LogP contribution in [0.25, 0.3) is 0 Å². The Morgan fingerprint density at radius 2 is 2.00 bits per heavy atom. The smallest absolute Gasteiger partial charge is 0.272 e. The number of carbonyl (C=O) groups excluding carboxylic acids is 1. The van der Waals surface area contributed by atoms with Gasteiger partial charge in [-0.25, -0.2) is 0 Å². The van der Waals surface area contributed by atoms with Crippen molar-refractivity contribution in [3.8, 4) is 0 Å². The fraction of sp³-hybridized carbons (Fsp3) is 0.500. The van der Waals surface area contributed by atoms with E-state index in [2.05, 4.69) is 52.0 Å². The van der Waals surface area contributed by atoms with Gasteiger partial charge in [-0.2, -0.15) is 5.10 Å². The molecule has 1 aliphatic carbocycles. The number of carbonyl (C=O) groups is 1. The van der Waals surface area contributed by atoms with Gasteiger partial charge in [-0.05, 0) is 31.9 Å². The molecule has 0 atom stereocenters. The van der Waals surface area contributed by atoms with Crippen LogP contribution in [-0.2, 0) is 13.0 Å². The molecule has 1 saturated carbocycles. The maximum Gasteiger partial charge on any atom is 0.272 e. The third kappa shape index (κ3) is 4.50. The Balaban J connectivity index is 0.00000210. The summed E-state index contributed by atoms with van der Waals surface area (Å²) in [4.78, 5) is 14.0. The van der Waals surface area contributed by atoms with E-state index in [1.807, 2.05) is 11.8 Å². The van der Waals surface area contributed by atoms with Crippen molar-refractivity contribution in [3.63, 3.8) is 0 Å². The van der Waals surface area contributed by atoms with Gasteiger partial charge in [0.15, 0.2) is 5.69 Å². The molecule has 7 heteroatoms. The van der Waals surface area contributed by atoms with E-state index < -0.39 is 0 Å². The van der Waals surface area contributed by atoms with E-state index in [0.29, 0.717) is 12.2 Å². The van der Waals surface area contributed by atoms with Crippen molar-refractivity contribution in [1.82, 2.24) is 20.8 Å². The molecule has 2 aliphatic rings. The topological polar surface area (TPSA) is 69.8 Å². The van der Waals surface area contributed by atoms with Crippen LogP contribution in [0.3, 0.4) is 0 Å². The van der Waals surface area contributed by atoms with E-state index in [9.17, 15) is 4.79 Å². The summed E-state index contributed by atoms with van der Waals surface area (Å²) in [6, 6.07) is 8.70. The Bertz CT molecular complexity index is 784. The molecular formula is C20H27ClN4OS. The predicted octanol–water partition coefficient (Wildman–Crippen LogP) is 3.62. The summed E-state index contributed by atoms with van der Waals surface area (Å²) in [7, 11) is 0. The largest absolute Gasteiger partial charge is 0.349 e. The minimum atomic E-state index is -0.0537. The Morgan fingerprint density at radius 3 is 2.74 bits per heavy atom. The fourth-order valence-corrected chi connectivity index (χ4v) is 5.34. The van der Waals surface area contributed by atoms with Crippen LogP contribution in [-0.4, -0.2) is 33.9 Å². The summed E-state index contributed by atoms with van der Waals surface area (Å²) in [6.45, 7) is 4.46. The lowest BCUT2D eigenvalue weighted by Gasteiger charge is -2.28. The monoisotopic (exact) mass is 406 g/mol. The lowest BCUT2D eigenvalue weighted by atomic mass is 10.1. The summed E-state index contributed by atoms with van der Waals surface area (Å²) < 4.78 is 0.0968. The first-order chi connectivity index (χ1) is 12.7. The Labute approximate surface area is 170 Å². The zero-order valence-electron chi connectivity index (χ0n) is 15.6. The number of fused-ring (bicyclic) bond motifs is 1. The van der Waals surface area contributed by atoms with E-state index in [-0.39, 0.29) is 23.1 Å². The molecule has 0 saturated heterocycles. The van der Waals surface area contributed by atoms with Crippen LogP contribution in [0.4, 0.5) is 0 Å². The van der Waals surface area contributed by atoms with Crippen LogP contribution < -0.4 is 10.6 Å². The van der Waals surface area contributed by atoms with E-state index in [0.717, 1.165) is 43.6 Å². The highest BCUT2D eigenvalue weighted by Crippen LogP contribution is 2.45. The number of hydrogen-bond acceptors (Lipinski definition) is 4. The number of aromatic nitrogens is 2. The normalized spacial score (nSPS) is 17.8. The molecule has 1 aromatic carbocycles. The lowest BCUT2D eigenvalue weighted by Crippen LogP contribution is -2.39. The van der Waals surface area contributed by atoms with Gasteiger partial charge in [0.1, 0.15) is 0 Å². The second kappa shape index (κ2) is 8.67. The summed E-state index contributed by atoms with van der Waals surface area (Å²) in [5.74, 6) is -0.0537. The van der Waals surface area contributed by atoms with Crippen LogP contribution in [0.2, 0.25) is 0 Å². The molecule has 0 spiro atoms. The number of halogens is 1. The number of benzene rings is 1. The Hall–Kier alpha value is -1.50. The molecule has 0 radical (unpaired) electrons. The molecule has 2 heterocycles. The number of H-pyrrole nitrogens is 1. The van der Waals surface area contributed by atoms with Gasteiger partial charge < -0.3 is 10.6 Å². The number of aromatic amines is 1. The number of rotatable bonds is 5. The predicted molar refractivity (Wildman–Crippen MR) is 112 cm³/mol. The molecule has 4 rings (SSSR count). The summed E-state index contributed by atoms with van der Waals surface area (Å²) in [6.07, 6.45) is 5.66. The molecule has 0 bridgehead atoms. The zero-order chi connectivity index (χ0) is 18.0. The van der Waals surface area contributed by atoms with E-state index in [4.69, 9.17) is 0 Å². The molecule has 3 N–H and O–H groups in total. The van der Waals surface area contributed by atoms with Crippen molar-refractivity contribution >= 4 is 30.1 Å². The average molecular weight is 407 g/mol. The molecule has 27 heavy (non-hydrogen) atoms. The third-order valence-electron chi connectivity index (χ3n) is 5.46. The number of nitrogens with zero attached hydrogens (tertiary/aromatic N) is 1. The van der Waals surface area contributed by atoms with Gasteiger partial charge in [-0.3, -0.25) is 9.89 Å². The van der Waals surface area contributed by atoms with Gasteiger partial charge in [-0.15, -0.1) is 24.2 Å². The third-order valence-corrected chi connectivity index (χ3v) is 6.96. The minimum Gasteiger partial charge on any atom is -0.349 e. The fourth-order valence-electron chi connectivity index (χ4n) is 3.93. The van der Waals surface area contributed by atoms with E-state index in [1.165, 1.54) is 23.3 Å². The van der Waals surface area contributed by atoms with Crippen LogP contribution in [0.1, 0.15) is 53.0 Å². The van der Waals surface area contributed by atoms with Crippen molar-refractivity contribution in [2.75, 3.05) is 13.1 Å². The molecule has 2 aromatic rings. The van der Waals surface area contributed by atoms with Crippen molar-refractivity contribution in [2.45, 2.75) is 55.2 Å². The molecule has 5 nitrogen and oxygen atoms in total. The standard InChI is InChI=1S/C20H26N4OS.ClH/c1-14-4-6-15(7-5-14)26-20(9-2-3-10-20)13-22-19(25)18-16-12-21-11-8-17(16)23-24-18;/h4-7,21H,2-3,8-13H2,1H3,(H,22,25)(H,23,24);1H. The van der Waals surface area contributed by atoms with Crippen LogP contribution in [0, 0.1) is 6.92 Å². The van der Waals surface area contributed by atoms with Gasteiger partial charge in [0.2, 0.25) is 0 Å². The number of aryl methyl sites for hydroxylation is 1. The highest BCUT2D eigenvalue weighted by atomic mass is 35.5. The minimum absolute atomic E-state index is 0. The number of hydrogen-bond donors (Lipinski definition) is 3. The average Bonchev–Trinajstić information content (AvgIpc) is 3.29. The molecule has 1 fully saturated rings. The van der Waals surface area contributed by atoms with Crippen LogP contribution in [0.5, 0.6) is 0 Å². The van der Waals surface area contributed by atoms with E-state index in [1.54, 1.807) is 0 Å². The second-order valence-corrected chi connectivity index (χ2v) is 8.99. The molecule has 1 aliphatic heterocycles. The molecule has 1 amide bonds. The maximum absolute atomic E-state index is 12.7. The molecule has 0 unspecified atom stereocenters. The zero-order valence-corrected chi connectivity index (χ0v) is 17.3. The Kier molecular flexibility index (Phi) is 6.50. The Morgan fingerprint density at radius 1 is 1.26 bits per heavy atom. The molecule has 1 aromatic heterocycles. The SMILES string of the molecule is Cc1ccc(SC2(CNC(=O)c3n[nH]c4c3CNCC4)CCCC2)cc1.Cl. The van der Waals surface area contributed by atoms with Crippen LogP contribution >= 0.6 is 24.2 Å². The van der Waals surface area contributed by atoms with Crippen molar-refractivity contribution in [1.29, 1.82) is 0 Å². The number of nitrogens with one attached hydrogen (secondary N) is 3. The van der Waals surface area contributed by atoms with Crippen molar-refractivity contribution < 1.29 is 4.79 Å². The first kappa shape index (κ1) is 20.2. The molecule has 146 valence electrons. The van der Waals surface area contributed by atoms with Gasteiger partial charge >= 0.3 is 0 Å². The summed E-state index contributed by atoms with van der Waals surface area (Å²) in [5, 5.41) is 13.8. The highest BCUT2D eigenvalue weighted by molar-refractivity contribution is 8.00. The first-order valence-electron chi connectivity index (χ1n) is 9.46. The summed E-state index contributed by atoms with van der Waals surface area (Å²) in [5.41, 5.74) is 3.96. The van der Waals surface area contributed by atoms with Crippen molar-refractivity contribution in [2.24, 2.45) is 0 Å². The summed E-state index contributed by atoms with van der Waals surface area (Å²) >= 11 is 1.92. The maximum atomic E-state index is 12.7. The molecular weight excluding hydrogens is 380 g/mol.